The maximum absolute atomic E-state index is 12.1. The zero-order chi connectivity index (χ0) is 20.1. The SMILES string of the molecule is CCCC#CC[C@H](C)[C@H](O)/C=C/[C@H]1CCC(=O)N1C/C=C\CCCC(=O)O. The highest BCUT2D eigenvalue weighted by Gasteiger charge is 2.28. The van der Waals surface area contributed by atoms with E-state index in [1.807, 2.05) is 30.1 Å². The fourth-order valence-electron chi connectivity index (χ4n) is 2.87. The number of carbonyl (C=O) groups excluding carboxylic acids is 1. The molecule has 0 saturated carbocycles. The van der Waals surface area contributed by atoms with Gasteiger partial charge < -0.3 is 15.1 Å². The van der Waals surface area contributed by atoms with Gasteiger partial charge in [-0.25, -0.2) is 0 Å². The minimum absolute atomic E-state index is 0.00851. The molecule has 0 bridgehead atoms. The molecule has 150 valence electrons. The minimum atomic E-state index is -0.785. The maximum atomic E-state index is 12.1. The first kappa shape index (κ1) is 23.0. The molecule has 0 aliphatic carbocycles. The van der Waals surface area contributed by atoms with Crippen LogP contribution in [0.5, 0.6) is 0 Å². The Labute approximate surface area is 163 Å². The molecule has 1 amide bonds. The molecule has 5 nitrogen and oxygen atoms in total. The molecule has 1 aliphatic heterocycles. The van der Waals surface area contributed by atoms with Crippen molar-refractivity contribution in [2.24, 2.45) is 5.92 Å². The summed E-state index contributed by atoms with van der Waals surface area (Å²) in [6.45, 7) is 4.59. The lowest BCUT2D eigenvalue weighted by molar-refractivity contribution is -0.137. The van der Waals surface area contributed by atoms with E-state index in [0.29, 0.717) is 32.2 Å². The molecule has 0 aromatic heterocycles. The smallest absolute Gasteiger partial charge is 0.303 e. The summed E-state index contributed by atoms with van der Waals surface area (Å²) in [5.41, 5.74) is 0. The van der Waals surface area contributed by atoms with Crippen LogP contribution in [0.25, 0.3) is 0 Å². The van der Waals surface area contributed by atoms with Gasteiger partial charge in [-0.3, -0.25) is 9.59 Å². The van der Waals surface area contributed by atoms with Gasteiger partial charge in [0.25, 0.3) is 0 Å². The van der Waals surface area contributed by atoms with Gasteiger partial charge in [-0.05, 0) is 31.6 Å². The monoisotopic (exact) mass is 375 g/mol. The zero-order valence-electron chi connectivity index (χ0n) is 16.6. The number of allylic oxidation sites excluding steroid dienone is 1. The summed E-state index contributed by atoms with van der Waals surface area (Å²) in [4.78, 5) is 24.4. The Hall–Kier alpha value is -2.06. The molecule has 0 spiro atoms. The van der Waals surface area contributed by atoms with Gasteiger partial charge >= 0.3 is 5.97 Å². The second-order valence-electron chi connectivity index (χ2n) is 7.07. The number of aliphatic hydroxyl groups excluding tert-OH is 1. The van der Waals surface area contributed by atoms with Crippen LogP contribution >= 0.6 is 0 Å². The molecule has 0 unspecified atom stereocenters. The fourth-order valence-corrected chi connectivity index (χ4v) is 2.87. The molecule has 27 heavy (non-hydrogen) atoms. The van der Waals surface area contributed by atoms with Crippen molar-refractivity contribution >= 4 is 11.9 Å². The number of rotatable bonds is 11. The standard InChI is InChI=1S/C22H33NO4/c1-3-4-5-8-11-18(2)20(24)15-13-19-14-16-21(25)23(19)17-10-7-6-9-12-22(26)27/h7,10,13,15,18-20,24H,3-4,6,9,11-12,14,16-17H2,1-2H3,(H,26,27)/b10-7-,15-13+/t18-,19-,20+/m0/s1. The predicted octanol–water partition coefficient (Wildman–Crippen LogP) is 3.54. The molecule has 0 aromatic rings. The van der Waals surface area contributed by atoms with E-state index < -0.39 is 12.1 Å². The van der Waals surface area contributed by atoms with Gasteiger partial charge in [0.15, 0.2) is 0 Å². The topological polar surface area (TPSA) is 77.8 Å². The number of aliphatic carboxylic acids is 1. The van der Waals surface area contributed by atoms with Crippen molar-refractivity contribution in [3.8, 4) is 11.8 Å². The van der Waals surface area contributed by atoms with Crippen LogP contribution in [0.1, 0.15) is 65.2 Å². The predicted molar refractivity (Wildman–Crippen MR) is 107 cm³/mol. The Balaban J connectivity index is 2.46. The highest BCUT2D eigenvalue weighted by molar-refractivity contribution is 5.79. The number of hydrogen-bond acceptors (Lipinski definition) is 3. The van der Waals surface area contributed by atoms with E-state index in [0.717, 1.165) is 19.3 Å². The molecule has 5 heteroatoms. The summed E-state index contributed by atoms with van der Waals surface area (Å²) in [6, 6.07) is 0.00851. The quantitative estimate of drug-likeness (QED) is 0.329. The van der Waals surface area contributed by atoms with Gasteiger partial charge in [-0.2, -0.15) is 0 Å². The summed E-state index contributed by atoms with van der Waals surface area (Å²) >= 11 is 0. The summed E-state index contributed by atoms with van der Waals surface area (Å²) in [6.07, 6.45) is 12.4. The second kappa shape index (κ2) is 13.2. The Morgan fingerprint density at radius 1 is 1.37 bits per heavy atom. The van der Waals surface area contributed by atoms with E-state index >= 15 is 0 Å². The van der Waals surface area contributed by atoms with Crippen LogP contribution in [0.3, 0.4) is 0 Å². The number of nitrogens with zero attached hydrogens (tertiary/aromatic N) is 1. The number of carboxylic acids is 1. The average Bonchev–Trinajstić information content (AvgIpc) is 2.99. The second-order valence-corrected chi connectivity index (χ2v) is 7.07. The lowest BCUT2D eigenvalue weighted by Gasteiger charge is -2.21. The van der Waals surface area contributed by atoms with E-state index in [4.69, 9.17) is 5.11 Å². The van der Waals surface area contributed by atoms with Crippen LogP contribution in [0.15, 0.2) is 24.3 Å². The average molecular weight is 376 g/mol. The van der Waals surface area contributed by atoms with Gasteiger partial charge in [0.2, 0.25) is 5.91 Å². The lowest BCUT2D eigenvalue weighted by atomic mass is 10.00. The molecular formula is C22H33NO4. The van der Waals surface area contributed by atoms with E-state index in [-0.39, 0.29) is 24.3 Å². The van der Waals surface area contributed by atoms with Crippen LogP contribution in [0.2, 0.25) is 0 Å². The lowest BCUT2D eigenvalue weighted by Crippen LogP contribution is -2.32. The van der Waals surface area contributed by atoms with Crippen molar-refractivity contribution in [3.05, 3.63) is 24.3 Å². The van der Waals surface area contributed by atoms with Crippen molar-refractivity contribution in [1.29, 1.82) is 0 Å². The molecule has 3 atom stereocenters. The van der Waals surface area contributed by atoms with E-state index in [9.17, 15) is 14.7 Å². The molecule has 2 N–H and O–H groups in total. The van der Waals surface area contributed by atoms with Crippen molar-refractivity contribution in [3.63, 3.8) is 0 Å². The number of hydrogen-bond donors (Lipinski definition) is 2. The Bertz CT molecular complexity index is 585. The molecule has 1 rings (SSSR count). The van der Waals surface area contributed by atoms with Crippen LogP contribution in [0.4, 0.5) is 0 Å². The third-order valence-corrected chi connectivity index (χ3v) is 4.64. The van der Waals surface area contributed by atoms with Gasteiger partial charge in [0.1, 0.15) is 0 Å². The first-order chi connectivity index (χ1) is 13.0. The number of carbonyl (C=O) groups is 2. The third kappa shape index (κ3) is 9.44. The first-order valence-corrected chi connectivity index (χ1v) is 9.94. The Morgan fingerprint density at radius 2 is 2.15 bits per heavy atom. The van der Waals surface area contributed by atoms with Crippen molar-refractivity contribution in [2.45, 2.75) is 77.4 Å². The summed E-state index contributed by atoms with van der Waals surface area (Å²) in [7, 11) is 0. The largest absolute Gasteiger partial charge is 0.481 e. The van der Waals surface area contributed by atoms with Gasteiger partial charge in [0.05, 0.1) is 12.1 Å². The highest BCUT2D eigenvalue weighted by atomic mass is 16.4. The van der Waals surface area contributed by atoms with Crippen molar-refractivity contribution in [2.75, 3.05) is 6.54 Å². The van der Waals surface area contributed by atoms with Gasteiger partial charge in [-0.15, -0.1) is 11.8 Å². The first-order valence-electron chi connectivity index (χ1n) is 9.94. The fraction of sp³-hybridized carbons (Fsp3) is 0.636. The Kier molecular flexibility index (Phi) is 11.2. The van der Waals surface area contributed by atoms with Crippen LogP contribution < -0.4 is 0 Å². The molecule has 0 aromatic carbocycles. The van der Waals surface area contributed by atoms with Crippen molar-refractivity contribution < 1.29 is 19.8 Å². The number of aliphatic hydroxyl groups is 1. The summed E-state index contributed by atoms with van der Waals surface area (Å²) in [5.74, 6) is 5.60. The molecule has 1 saturated heterocycles. The minimum Gasteiger partial charge on any atom is -0.481 e. The van der Waals surface area contributed by atoms with Gasteiger partial charge in [0, 0.05) is 32.2 Å². The zero-order valence-corrected chi connectivity index (χ0v) is 16.6. The summed E-state index contributed by atoms with van der Waals surface area (Å²) in [5, 5.41) is 18.9. The van der Waals surface area contributed by atoms with Gasteiger partial charge in [-0.1, -0.05) is 38.2 Å². The number of unbranched alkanes of at least 4 members (excludes halogenated alkanes) is 2. The highest BCUT2D eigenvalue weighted by Crippen LogP contribution is 2.20. The molecule has 1 aliphatic rings. The van der Waals surface area contributed by atoms with E-state index in [1.165, 1.54) is 0 Å². The Morgan fingerprint density at radius 3 is 2.85 bits per heavy atom. The van der Waals surface area contributed by atoms with Crippen LogP contribution in [0, 0.1) is 17.8 Å². The normalized spacial score (nSPS) is 19.4. The maximum Gasteiger partial charge on any atom is 0.303 e. The van der Waals surface area contributed by atoms with Crippen LogP contribution in [-0.4, -0.2) is 45.7 Å². The number of amides is 1. The molecular weight excluding hydrogens is 342 g/mol. The van der Waals surface area contributed by atoms with Crippen molar-refractivity contribution in [1.82, 2.24) is 4.90 Å². The van der Waals surface area contributed by atoms with E-state index in [2.05, 4.69) is 18.8 Å². The number of carboxylic acid groups (broad SMARTS) is 1. The third-order valence-electron chi connectivity index (χ3n) is 4.64. The summed E-state index contributed by atoms with van der Waals surface area (Å²) < 4.78 is 0. The molecule has 1 fully saturated rings. The van der Waals surface area contributed by atoms with Crippen LogP contribution in [-0.2, 0) is 9.59 Å². The molecule has 0 radical (unpaired) electrons. The number of likely N-dealkylation sites (tertiary alicyclic amines) is 1. The molecule has 1 heterocycles. The van der Waals surface area contributed by atoms with E-state index in [1.54, 1.807) is 6.08 Å².